The predicted octanol–water partition coefficient (Wildman–Crippen LogP) is 3.65. The largest absolute Gasteiger partial charge is 0.486 e. The molecule has 0 bridgehead atoms. The van der Waals surface area contributed by atoms with Crippen LogP contribution in [0.3, 0.4) is 0 Å². The Morgan fingerprint density at radius 3 is 2.62 bits per heavy atom. The number of hydrogen-bond donors (Lipinski definition) is 3. The lowest BCUT2D eigenvalue weighted by Gasteiger charge is -2.30. The first-order valence-corrected chi connectivity index (χ1v) is 9.37. The maximum Gasteiger partial charge on any atom is 0.427 e. The zero-order valence-corrected chi connectivity index (χ0v) is 16.1. The van der Waals surface area contributed by atoms with Crippen LogP contribution < -0.4 is 21.1 Å². The Morgan fingerprint density at radius 2 is 2.03 bits per heavy atom. The minimum atomic E-state index is -4.69. The van der Waals surface area contributed by atoms with Crippen molar-refractivity contribution in [3.05, 3.63) is 18.2 Å². The van der Waals surface area contributed by atoms with E-state index >= 15 is 0 Å². The summed E-state index contributed by atoms with van der Waals surface area (Å²) in [5.41, 5.74) is 3.71. The van der Waals surface area contributed by atoms with Crippen molar-refractivity contribution in [3.8, 4) is 5.75 Å². The topological polar surface area (TPSA) is 103 Å². The Bertz CT molecular complexity index is 793. The normalized spacial score (nSPS) is 20.0. The molecule has 0 aromatic heterocycles. The van der Waals surface area contributed by atoms with Crippen LogP contribution in [0.5, 0.6) is 5.75 Å². The molecular weight excluding hydrogens is 391 g/mol. The number of primary amides is 1. The van der Waals surface area contributed by atoms with Gasteiger partial charge in [-0.05, 0) is 57.2 Å². The number of ether oxygens (including phenoxy) is 2. The third kappa shape index (κ3) is 5.04. The van der Waals surface area contributed by atoms with Crippen LogP contribution in [0.4, 0.5) is 29.3 Å². The van der Waals surface area contributed by atoms with Gasteiger partial charge in [-0.3, -0.25) is 10.1 Å². The van der Waals surface area contributed by atoms with Gasteiger partial charge in [0.05, 0.1) is 12.2 Å². The van der Waals surface area contributed by atoms with Crippen LogP contribution in [0, 0.1) is 11.8 Å². The summed E-state index contributed by atoms with van der Waals surface area (Å²) >= 11 is 0. The van der Waals surface area contributed by atoms with Crippen molar-refractivity contribution in [3.63, 3.8) is 0 Å². The average molecular weight is 415 g/mol. The maximum absolute atomic E-state index is 12.8. The number of hydrogen-bond acceptors (Lipinski definition) is 5. The van der Waals surface area contributed by atoms with Crippen molar-refractivity contribution in [2.75, 3.05) is 17.2 Å². The Labute approximate surface area is 166 Å². The van der Waals surface area contributed by atoms with E-state index in [1.807, 2.05) is 0 Å². The molecule has 0 saturated heterocycles. The summed E-state index contributed by atoms with van der Waals surface area (Å²) < 4.78 is 48.9. The Kier molecular flexibility index (Phi) is 5.55. The molecule has 2 atom stereocenters. The molecule has 2 aliphatic rings. The van der Waals surface area contributed by atoms with Crippen molar-refractivity contribution in [1.29, 1.82) is 0 Å². The lowest BCUT2D eigenvalue weighted by molar-refractivity contribution is -0.242. The molecule has 10 heteroatoms. The minimum Gasteiger partial charge on any atom is -0.486 e. The zero-order chi connectivity index (χ0) is 21.4. The molecule has 0 spiro atoms. The molecule has 3 rings (SSSR count). The molecule has 1 heterocycles. The first-order chi connectivity index (χ1) is 13.5. The molecule has 1 fully saturated rings. The molecule has 4 N–H and O–H groups in total. The summed E-state index contributed by atoms with van der Waals surface area (Å²) in [4.78, 5) is 23.5. The summed E-state index contributed by atoms with van der Waals surface area (Å²) in [6.45, 7) is 1.99. The monoisotopic (exact) mass is 415 g/mol. The van der Waals surface area contributed by atoms with Gasteiger partial charge in [0, 0.05) is 11.6 Å². The highest BCUT2D eigenvalue weighted by Crippen LogP contribution is 2.41. The molecule has 2 amide bonds. The zero-order valence-electron chi connectivity index (χ0n) is 16.1. The highest BCUT2D eigenvalue weighted by Gasteiger charge is 2.51. The van der Waals surface area contributed by atoms with Gasteiger partial charge in [0.25, 0.3) is 0 Å². The molecule has 1 aliphatic carbocycles. The van der Waals surface area contributed by atoms with E-state index in [1.54, 1.807) is 12.1 Å². The summed E-state index contributed by atoms with van der Waals surface area (Å²) in [5.74, 6) is 0.323. The lowest BCUT2D eigenvalue weighted by atomic mass is 9.95. The molecule has 1 aromatic carbocycles. The molecule has 1 saturated carbocycles. The number of nitrogens with two attached hydrogens (primary N) is 1. The van der Waals surface area contributed by atoms with E-state index in [1.165, 1.54) is 6.07 Å². The number of halogens is 3. The van der Waals surface area contributed by atoms with E-state index < -0.39 is 17.9 Å². The molecule has 1 unspecified atom stereocenters. The van der Waals surface area contributed by atoms with Crippen LogP contribution >= 0.6 is 0 Å². The maximum atomic E-state index is 12.8. The highest BCUT2D eigenvalue weighted by molar-refractivity contribution is 5.86. The van der Waals surface area contributed by atoms with Crippen LogP contribution in [-0.2, 0) is 9.53 Å². The van der Waals surface area contributed by atoms with Gasteiger partial charge in [-0.1, -0.05) is 0 Å². The van der Waals surface area contributed by atoms with Crippen LogP contribution in [0.2, 0.25) is 0 Å². The molecule has 160 valence electrons. The van der Waals surface area contributed by atoms with Crippen LogP contribution in [0.25, 0.3) is 0 Å². The molecule has 29 heavy (non-hydrogen) atoms. The number of carbonyl (C=O) groups excluding carboxylic acids is 2. The van der Waals surface area contributed by atoms with E-state index in [2.05, 4.69) is 15.4 Å². The molecule has 7 nitrogen and oxygen atoms in total. The number of rotatable bonds is 6. The number of anilines is 2. The quantitative estimate of drug-likeness (QED) is 0.658. The smallest absolute Gasteiger partial charge is 0.427 e. The second-order valence-electron chi connectivity index (χ2n) is 7.94. The number of fused-ring (bicyclic) bond motifs is 1. The van der Waals surface area contributed by atoms with E-state index in [4.69, 9.17) is 10.5 Å². The Balaban J connectivity index is 1.60. The average Bonchev–Trinajstić information content (AvgIpc) is 3.42. The third-order valence-corrected chi connectivity index (χ3v) is 5.14. The number of benzene rings is 1. The van der Waals surface area contributed by atoms with Crippen LogP contribution in [-0.4, -0.2) is 36.4 Å². The summed E-state index contributed by atoms with van der Waals surface area (Å²) in [5, 5.41) is 5.44. The Morgan fingerprint density at radius 1 is 1.34 bits per heavy atom. The third-order valence-electron chi connectivity index (χ3n) is 5.14. The number of alkyl halides is 3. The van der Waals surface area contributed by atoms with Crippen molar-refractivity contribution in [2.45, 2.75) is 51.0 Å². The van der Waals surface area contributed by atoms with Gasteiger partial charge in [0.1, 0.15) is 11.9 Å². The first-order valence-electron chi connectivity index (χ1n) is 9.37. The van der Waals surface area contributed by atoms with E-state index in [9.17, 15) is 22.8 Å². The van der Waals surface area contributed by atoms with E-state index in [-0.39, 0.29) is 23.6 Å². The molecule has 1 aliphatic heterocycles. The van der Waals surface area contributed by atoms with Gasteiger partial charge in [-0.25, -0.2) is 4.79 Å². The van der Waals surface area contributed by atoms with Crippen molar-refractivity contribution >= 4 is 23.4 Å². The van der Waals surface area contributed by atoms with Gasteiger partial charge in [0.15, 0.2) is 0 Å². The number of nitrogens with one attached hydrogen (secondary N) is 2. The van der Waals surface area contributed by atoms with Gasteiger partial charge in [-0.2, -0.15) is 13.2 Å². The molecule has 1 aromatic rings. The number of amides is 2. The fourth-order valence-corrected chi connectivity index (χ4v) is 3.18. The molecule has 0 radical (unpaired) electrons. The SMILES string of the molecule is CC(C)(OC(=O)Nc1ccc2c(c1)NC[C@H](CC(C(N)=O)C1CC1)O2)C(F)(F)F. The fraction of sp³-hybridized carbons (Fsp3) is 0.579. The number of carbonyl (C=O) groups is 2. The van der Waals surface area contributed by atoms with Gasteiger partial charge < -0.3 is 20.5 Å². The summed E-state index contributed by atoms with van der Waals surface area (Å²) in [6, 6.07) is 4.63. The predicted molar refractivity (Wildman–Crippen MR) is 99.6 cm³/mol. The summed E-state index contributed by atoms with van der Waals surface area (Å²) in [7, 11) is 0. The van der Waals surface area contributed by atoms with Gasteiger partial charge >= 0.3 is 12.3 Å². The van der Waals surface area contributed by atoms with Crippen molar-refractivity contribution in [1.82, 2.24) is 0 Å². The van der Waals surface area contributed by atoms with Crippen molar-refractivity contribution < 1.29 is 32.2 Å². The Hall–Kier alpha value is -2.65. The van der Waals surface area contributed by atoms with Gasteiger partial charge in [-0.15, -0.1) is 0 Å². The van der Waals surface area contributed by atoms with E-state index in [0.29, 0.717) is 30.3 Å². The highest BCUT2D eigenvalue weighted by atomic mass is 19.4. The van der Waals surface area contributed by atoms with Crippen LogP contribution in [0.1, 0.15) is 33.1 Å². The standard InChI is InChI=1S/C19H24F3N3O4/c1-18(2,19(20,21)22)29-17(27)25-11-5-6-15-14(7-11)24-9-12(28-15)8-13(16(23)26)10-3-4-10/h5-7,10,12-13,24H,3-4,8-9H2,1-2H3,(H2,23,26)(H,25,27)/t12-,13?/m0/s1. The second-order valence-corrected chi connectivity index (χ2v) is 7.94. The fourth-order valence-electron chi connectivity index (χ4n) is 3.18. The van der Waals surface area contributed by atoms with Gasteiger partial charge in [0.2, 0.25) is 11.5 Å². The molecular formula is C19H24F3N3O4. The van der Waals surface area contributed by atoms with E-state index in [0.717, 1.165) is 26.7 Å². The van der Waals surface area contributed by atoms with Crippen LogP contribution in [0.15, 0.2) is 18.2 Å². The first kappa shape index (κ1) is 21.1. The second kappa shape index (κ2) is 7.64. The summed E-state index contributed by atoms with van der Waals surface area (Å²) in [6.07, 6.45) is -3.60. The lowest BCUT2D eigenvalue weighted by Crippen LogP contribution is -2.44. The van der Waals surface area contributed by atoms with Crippen molar-refractivity contribution in [2.24, 2.45) is 17.6 Å². The minimum absolute atomic E-state index is 0.212.